The first kappa shape index (κ1) is 10.5. The van der Waals surface area contributed by atoms with Gasteiger partial charge in [-0.2, -0.15) is 0 Å². The number of ether oxygens (including phenoxy) is 1. The van der Waals surface area contributed by atoms with Crippen LogP contribution in [0.1, 0.15) is 16.8 Å². The number of hydrogen-bond acceptors (Lipinski definition) is 3. The highest BCUT2D eigenvalue weighted by Crippen LogP contribution is 2.37. The van der Waals surface area contributed by atoms with Gasteiger partial charge in [-0.15, -0.1) is 0 Å². The van der Waals surface area contributed by atoms with Gasteiger partial charge in [0.15, 0.2) is 0 Å². The minimum atomic E-state index is 0.108. The second-order valence-corrected chi connectivity index (χ2v) is 4.71. The second-order valence-electron chi connectivity index (χ2n) is 4.71. The third kappa shape index (κ3) is 1.58. The van der Waals surface area contributed by atoms with Crippen molar-refractivity contribution in [2.45, 2.75) is 26.4 Å². The van der Waals surface area contributed by atoms with Crippen LogP contribution in [-0.2, 0) is 6.42 Å². The molecule has 3 nitrogen and oxygen atoms in total. The van der Waals surface area contributed by atoms with Gasteiger partial charge in [0.2, 0.25) is 0 Å². The Morgan fingerprint density at radius 3 is 3.00 bits per heavy atom. The molecule has 0 radical (unpaired) electrons. The van der Waals surface area contributed by atoms with Crippen molar-refractivity contribution in [2.24, 2.45) is 5.73 Å². The molecule has 0 spiro atoms. The molecule has 1 aromatic heterocycles. The third-order valence-electron chi connectivity index (χ3n) is 3.37. The maximum Gasteiger partial charge on any atom is 0.134 e. The SMILES string of the molecule is Cc1ccc2nc(C)c3c(c2c1)O[C@@H](CN)C3. The molecule has 2 aromatic rings. The maximum atomic E-state index is 5.94. The number of fused-ring (bicyclic) bond motifs is 3. The van der Waals surface area contributed by atoms with Crippen molar-refractivity contribution < 1.29 is 4.74 Å². The first-order chi connectivity index (χ1) is 8.19. The Morgan fingerprint density at radius 2 is 2.24 bits per heavy atom. The molecule has 0 amide bonds. The Kier molecular flexibility index (Phi) is 2.30. The standard InChI is InChI=1S/C14H16N2O/c1-8-3-4-13-12(5-8)14-11(9(2)16-13)6-10(7-15)17-14/h3-5,10H,6-7,15H2,1-2H3/t10-/m1/s1. The molecule has 0 saturated heterocycles. The minimum Gasteiger partial charge on any atom is -0.488 e. The van der Waals surface area contributed by atoms with Gasteiger partial charge in [0.05, 0.1) is 5.52 Å². The van der Waals surface area contributed by atoms with Crippen LogP contribution in [0.4, 0.5) is 0 Å². The lowest BCUT2D eigenvalue weighted by Gasteiger charge is -2.09. The van der Waals surface area contributed by atoms with E-state index in [-0.39, 0.29) is 6.10 Å². The number of nitrogens with two attached hydrogens (primary N) is 1. The number of nitrogens with zero attached hydrogens (tertiary/aromatic N) is 1. The van der Waals surface area contributed by atoms with Crippen LogP contribution in [0.15, 0.2) is 18.2 Å². The van der Waals surface area contributed by atoms with E-state index in [1.165, 1.54) is 11.1 Å². The average Bonchev–Trinajstić information content (AvgIpc) is 2.75. The summed E-state index contributed by atoms with van der Waals surface area (Å²) in [5, 5.41) is 1.11. The highest BCUT2D eigenvalue weighted by molar-refractivity contribution is 5.88. The third-order valence-corrected chi connectivity index (χ3v) is 3.37. The van der Waals surface area contributed by atoms with Gasteiger partial charge in [-0.05, 0) is 26.0 Å². The van der Waals surface area contributed by atoms with Gasteiger partial charge in [-0.1, -0.05) is 11.6 Å². The summed E-state index contributed by atoms with van der Waals surface area (Å²) in [7, 11) is 0. The van der Waals surface area contributed by atoms with E-state index in [0.717, 1.165) is 28.8 Å². The van der Waals surface area contributed by atoms with Crippen LogP contribution in [0.3, 0.4) is 0 Å². The smallest absolute Gasteiger partial charge is 0.134 e. The quantitative estimate of drug-likeness (QED) is 0.813. The fraction of sp³-hybridized carbons (Fsp3) is 0.357. The van der Waals surface area contributed by atoms with Crippen molar-refractivity contribution in [3.63, 3.8) is 0 Å². The number of hydrogen-bond donors (Lipinski definition) is 1. The fourth-order valence-electron chi connectivity index (χ4n) is 2.45. The normalized spacial score (nSPS) is 18.2. The zero-order valence-electron chi connectivity index (χ0n) is 10.2. The zero-order valence-corrected chi connectivity index (χ0v) is 10.2. The van der Waals surface area contributed by atoms with Crippen LogP contribution in [0.2, 0.25) is 0 Å². The first-order valence-corrected chi connectivity index (χ1v) is 5.95. The highest BCUT2D eigenvalue weighted by atomic mass is 16.5. The fourth-order valence-corrected chi connectivity index (χ4v) is 2.45. The lowest BCUT2D eigenvalue weighted by molar-refractivity contribution is 0.244. The van der Waals surface area contributed by atoms with Gasteiger partial charge < -0.3 is 10.5 Å². The molecule has 2 N–H and O–H groups in total. The molecule has 88 valence electrons. The van der Waals surface area contributed by atoms with E-state index in [2.05, 4.69) is 30.1 Å². The number of pyridine rings is 1. The largest absolute Gasteiger partial charge is 0.488 e. The van der Waals surface area contributed by atoms with E-state index in [9.17, 15) is 0 Å². The predicted molar refractivity (Wildman–Crippen MR) is 68.4 cm³/mol. The second kappa shape index (κ2) is 3.70. The summed E-state index contributed by atoms with van der Waals surface area (Å²) in [4.78, 5) is 4.64. The first-order valence-electron chi connectivity index (χ1n) is 5.95. The van der Waals surface area contributed by atoms with Crippen LogP contribution in [0, 0.1) is 13.8 Å². The Labute approximate surface area is 101 Å². The van der Waals surface area contributed by atoms with Crippen molar-refractivity contribution >= 4 is 10.9 Å². The number of benzene rings is 1. The molecule has 1 aliphatic rings. The van der Waals surface area contributed by atoms with Crippen LogP contribution in [0.5, 0.6) is 5.75 Å². The Hall–Kier alpha value is -1.61. The monoisotopic (exact) mass is 228 g/mol. The van der Waals surface area contributed by atoms with Crippen molar-refractivity contribution in [1.29, 1.82) is 0 Å². The number of rotatable bonds is 1. The summed E-state index contributed by atoms with van der Waals surface area (Å²) < 4.78 is 5.94. The van der Waals surface area contributed by atoms with Crippen molar-refractivity contribution in [1.82, 2.24) is 4.98 Å². The molecule has 0 aliphatic carbocycles. The van der Waals surface area contributed by atoms with Gasteiger partial charge in [0.25, 0.3) is 0 Å². The van der Waals surface area contributed by atoms with Crippen LogP contribution in [-0.4, -0.2) is 17.6 Å². The molecule has 0 unspecified atom stereocenters. The summed E-state index contributed by atoms with van der Waals surface area (Å²) in [6.45, 7) is 4.68. The highest BCUT2D eigenvalue weighted by Gasteiger charge is 2.26. The summed E-state index contributed by atoms with van der Waals surface area (Å²) in [5.41, 5.74) is 10.2. The van der Waals surface area contributed by atoms with Crippen molar-refractivity contribution in [3.05, 3.63) is 35.0 Å². The van der Waals surface area contributed by atoms with E-state index in [4.69, 9.17) is 10.5 Å². The molecule has 0 saturated carbocycles. The van der Waals surface area contributed by atoms with E-state index in [1.807, 2.05) is 6.92 Å². The molecule has 1 aromatic carbocycles. The summed E-state index contributed by atoms with van der Waals surface area (Å²) in [6, 6.07) is 6.27. The van der Waals surface area contributed by atoms with Gasteiger partial charge in [-0.25, -0.2) is 0 Å². The molecule has 3 rings (SSSR count). The molecule has 17 heavy (non-hydrogen) atoms. The van der Waals surface area contributed by atoms with Gasteiger partial charge >= 0.3 is 0 Å². The van der Waals surface area contributed by atoms with E-state index < -0.39 is 0 Å². The van der Waals surface area contributed by atoms with E-state index in [0.29, 0.717) is 6.54 Å². The number of aromatic nitrogens is 1. The summed E-state index contributed by atoms with van der Waals surface area (Å²) in [6.07, 6.45) is 0.991. The van der Waals surface area contributed by atoms with Crippen molar-refractivity contribution in [3.8, 4) is 5.75 Å². The summed E-state index contributed by atoms with van der Waals surface area (Å²) >= 11 is 0. The molecule has 0 bridgehead atoms. The Balaban J connectivity index is 2.28. The van der Waals surface area contributed by atoms with Crippen molar-refractivity contribution in [2.75, 3.05) is 6.54 Å². The molecule has 1 atom stereocenters. The molecular formula is C14H16N2O. The van der Waals surface area contributed by atoms with Crippen LogP contribution < -0.4 is 10.5 Å². The molecule has 0 fully saturated rings. The average molecular weight is 228 g/mol. The molecule has 1 aliphatic heterocycles. The molecular weight excluding hydrogens is 212 g/mol. The number of aryl methyl sites for hydroxylation is 2. The van der Waals surface area contributed by atoms with E-state index in [1.54, 1.807) is 0 Å². The topological polar surface area (TPSA) is 48.1 Å². The molecule has 3 heteroatoms. The van der Waals surface area contributed by atoms with Gasteiger partial charge in [-0.3, -0.25) is 4.98 Å². The molecule has 2 heterocycles. The minimum absolute atomic E-state index is 0.108. The van der Waals surface area contributed by atoms with Gasteiger partial charge in [0.1, 0.15) is 11.9 Å². The lowest BCUT2D eigenvalue weighted by atomic mass is 10.0. The van der Waals surface area contributed by atoms with E-state index >= 15 is 0 Å². The zero-order chi connectivity index (χ0) is 12.0. The lowest BCUT2D eigenvalue weighted by Crippen LogP contribution is -2.24. The predicted octanol–water partition coefficient (Wildman–Crippen LogP) is 2.11. The Bertz CT molecular complexity index is 592. The Morgan fingerprint density at radius 1 is 1.41 bits per heavy atom. The summed E-state index contributed by atoms with van der Waals surface area (Å²) in [5.74, 6) is 0.992. The van der Waals surface area contributed by atoms with Crippen LogP contribution in [0.25, 0.3) is 10.9 Å². The van der Waals surface area contributed by atoms with Gasteiger partial charge in [0, 0.05) is 29.6 Å². The maximum absolute atomic E-state index is 5.94. The van der Waals surface area contributed by atoms with Crippen LogP contribution >= 0.6 is 0 Å².